The number of amides is 2. The van der Waals surface area contributed by atoms with Crippen molar-refractivity contribution in [2.75, 3.05) is 13.1 Å². The fraction of sp³-hybridized carbons (Fsp3) is 0.533. The Morgan fingerprint density at radius 1 is 0.973 bits per heavy atom. The van der Waals surface area contributed by atoms with Crippen LogP contribution in [0.2, 0.25) is 5.02 Å². The van der Waals surface area contributed by atoms with Gasteiger partial charge in [0.1, 0.15) is 6.23 Å². The Hall–Kier alpha value is -2.41. The van der Waals surface area contributed by atoms with Crippen molar-refractivity contribution in [2.24, 2.45) is 5.92 Å². The number of hydrogen-bond donors (Lipinski definition) is 3. The first-order chi connectivity index (χ1) is 17.7. The molecule has 2 aromatic carbocycles. The molecule has 7 heteroatoms. The van der Waals surface area contributed by atoms with Gasteiger partial charge in [0, 0.05) is 41.7 Å². The van der Waals surface area contributed by atoms with Gasteiger partial charge in [-0.1, -0.05) is 68.6 Å². The van der Waals surface area contributed by atoms with Crippen molar-refractivity contribution in [2.45, 2.75) is 83.5 Å². The Labute approximate surface area is 225 Å². The van der Waals surface area contributed by atoms with E-state index in [1.807, 2.05) is 54.3 Å². The van der Waals surface area contributed by atoms with E-state index in [4.69, 9.17) is 11.6 Å². The molecule has 3 atom stereocenters. The molecular formula is C30H40ClN3O3. The lowest BCUT2D eigenvalue weighted by atomic mass is 9.88. The van der Waals surface area contributed by atoms with Gasteiger partial charge < -0.3 is 15.7 Å². The molecule has 4 rings (SSSR count). The molecule has 0 aromatic heterocycles. The van der Waals surface area contributed by atoms with Crippen LogP contribution in [-0.4, -0.2) is 47.0 Å². The predicted molar refractivity (Wildman–Crippen MR) is 148 cm³/mol. The second kappa shape index (κ2) is 12.4. The molecule has 1 aliphatic carbocycles. The third-order valence-corrected chi connectivity index (χ3v) is 8.32. The lowest BCUT2D eigenvalue weighted by molar-refractivity contribution is -0.128. The molecule has 6 nitrogen and oxygen atoms in total. The van der Waals surface area contributed by atoms with Gasteiger partial charge in [-0.05, 0) is 67.3 Å². The SMILES string of the molecule is Cc1ccccc1C(=O)NC1CCCCC1NC(=O)C1CCN(C(O)c2ccc(C(C)C)c(Cl)c2)CC1. The lowest BCUT2D eigenvalue weighted by Crippen LogP contribution is -2.55. The highest BCUT2D eigenvalue weighted by molar-refractivity contribution is 6.31. The zero-order valence-electron chi connectivity index (χ0n) is 22.2. The van der Waals surface area contributed by atoms with Gasteiger partial charge in [0.2, 0.25) is 5.91 Å². The van der Waals surface area contributed by atoms with E-state index in [1.54, 1.807) is 0 Å². The van der Waals surface area contributed by atoms with Crippen LogP contribution in [0.3, 0.4) is 0 Å². The highest BCUT2D eigenvalue weighted by Gasteiger charge is 2.33. The van der Waals surface area contributed by atoms with E-state index in [-0.39, 0.29) is 29.8 Å². The highest BCUT2D eigenvalue weighted by atomic mass is 35.5. The summed E-state index contributed by atoms with van der Waals surface area (Å²) in [5.74, 6) is 0.214. The van der Waals surface area contributed by atoms with Gasteiger partial charge in [-0.3, -0.25) is 14.5 Å². The summed E-state index contributed by atoms with van der Waals surface area (Å²) in [6, 6.07) is 13.3. The van der Waals surface area contributed by atoms with E-state index in [0.29, 0.717) is 42.4 Å². The first-order valence-corrected chi connectivity index (χ1v) is 14.0. The Bertz CT molecular complexity index is 1100. The van der Waals surface area contributed by atoms with Crippen LogP contribution in [-0.2, 0) is 4.79 Å². The number of benzene rings is 2. The molecule has 1 saturated carbocycles. The van der Waals surface area contributed by atoms with E-state index in [9.17, 15) is 14.7 Å². The first kappa shape index (κ1) is 27.6. The van der Waals surface area contributed by atoms with E-state index in [1.165, 1.54) is 0 Å². The maximum atomic E-state index is 13.2. The summed E-state index contributed by atoms with van der Waals surface area (Å²) >= 11 is 6.44. The summed E-state index contributed by atoms with van der Waals surface area (Å²) in [6.07, 6.45) is 4.47. The molecule has 0 bridgehead atoms. The molecule has 1 heterocycles. The Morgan fingerprint density at radius 2 is 1.62 bits per heavy atom. The molecule has 2 fully saturated rings. The van der Waals surface area contributed by atoms with Crippen molar-refractivity contribution in [3.8, 4) is 0 Å². The maximum absolute atomic E-state index is 13.2. The number of aliphatic hydroxyl groups is 1. The number of nitrogens with zero attached hydrogens (tertiary/aromatic N) is 1. The number of halogens is 1. The number of hydrogen-bond acceptors (Lipinski definition) is 4. The van der Waals surface area contributed by atoms with Crippen molar-refractivity contribution in [3.63, 3.8) is 0 Å². The van der Waals surface area contributed by atoms with Crippen LogP contribution in [0.5, 0.6) is 0 Å². The van der Waals surface area contributed by atoms with Gasteiger partial charge in [0.05, 0.1) is 0 Å². The molecule has 1 saturated heterocycles. The molecule has 3 N–H and O–H groups in total. The summed E-state index contributed by atoms with van der Waals surface area (Å²) in [5.41, 5.74) is 3.49. The van der Waals surface area contributed by atoms with Crippen LogP contribution in [0.25, 0.3) is 0 Å². The first-order valence-electron chi connectivity index (χ1n) is 13.6. The van der Waals surface area contributed by atoms with Crippen LogP contribution < -0.4 is 10.6 Å². The van der Waals surface area contributed by atoms with Gasteiger partial charge in [0.25, 0.3) is 5.91 Å². The van der Waals surface area contributed by atoms with Crippen molar-refractivity contribution in [1.82, 2.24) is 15.5 Å². The predicted octanol–water partition coefficient (Wildman–Crippen LogP) is 5.33. The van der Waals surface area contributed by atoms with Crippen LogP contribution in [0.1, 0.15) is 91.6 Å². The number of nitrogens with one attached hydrogen (secondary N) is 2. The van der Waals surface area contributed by atoms with E-state index in [0.717, 1.165) is 42.4 Å². The van der Waals surface area contributed by atoms with Gasteiger partial charge in [0.15, 0.2) is 0 Å². The van der Waals surface area contributed by atoms with Crippen molar-refractivity contribution in [3.05, 3.63) is 69.7 Å². The van der Waals surface area contributed by atoms with Crippen LogP contribution in [0.15, 0.2) is 42.5 Å². The summed E-state index contributed by atoms with van der Waals surface area (Å²) < 4.78 is 0. The number of carbonyl (C=O) groups excluding carboxylic acids is 2. The van der Waals surface area contributed by atoms with Gasteiger partial charge >= 0.3 is 0 Å². The Morgan fingerprint density at radius 3 is 2.24 bits per heavy atom. The maximum Gasteiger partial charge on any atom is 0.251 e. The number of likely N-dealkylation sites (tertiary alicyclic amines) is 1. The average molecular weight is 526 g/mol. The molecule has 0 radical (unpaired) electrons. The molecule has 1 aliphatic heterocycles. The Kier molecular flexibility index (Phi) is 9.27. The van der Waals surface area contributed by atoms with Crippen molar-refractivity contribution >= 4 is 23.4 Å². The quantitative estimate of drug-likeness (QED) is 0.456. The molecule has 2 aliphatic rings. The molecule has 200 valence electrons. The van der Waals surface area contributed by atoms with Crippen LogP contribution in [0, 0.1) is 12.8 Å². The smallest absolute Gasteiger partial charge is 0.251 e. The monoisotopic (exact) mass is 525 g/mol. The number of piperidine rings is 1. The second-order valence-corrected chi connectivity index (χ2v) is 11.3. The lowest BCUT2D eigenvalue weighted by Gasteiger charge is -2.37. The molecule has 0 spiro atoms. The third kappa shape index (κ3) is 6.73. The summed E-state index contributed by atoms with van der Waals surface area (Å²) in [7, 11) is 0. The number of rotatable bonds is 7. The summed E-state index contributed by atoms with van der Waals surface area (Å²) in [4.78, 5) is 28.1. The number of carbonyl (C=O) groups is 2. The summed E-state index contributed by atoms with van der Waals surface area (Å²) in [6.45, 7) is 7.41. The molecular weight excluding hydrogens is 486 g/mol. The minimum Gasteiger partial charge on any atom is -0.374 e. The highest BCUT2D eigenvalue weighted by Crippen LogP contribution is 2.31. The van der Waals surface area contributed by atoms with E-state index >= 15 is 0 Å². The minimum absolute atomic E-state index is 0.0560. The zero-order chi connectivity index (χ0) is 26.5. The van der Waals surface area contributed by atoms with E-state index in [2.05, 4.69) is 24.5 Å². The standard InChI is InChI=1S/C30H40ClN3O3/c1-19(2)23-13-12-22(18-25(23)31)30(37)34-16-14-21(15-17-34)28(35)32-26-10-6-7-11-27(26)33-29(36)24-9-5-4-8-20(24)3/h4-5,8-9,12-13,18-19,21,26-27,30,37H,6-7,10-11,14-17H2,1-3H3,(H,32,35)(H,33,36). The molecule has 3 unspecified atom stereocenters. The molecule has 2 amide bonds. The zero-order valence-corrected chi connectivity index (χ0v) is 22.9. The van der Waals surface area contributed by atoms with Gasteiger partial charge in [-0.25, -0.2) is 0 Å². The van der Waals surface area contributed by atoms with E-state index < -0.39 is 6.23 Å². The van der Waals surface area contributed by atoms with Gasteiger partial charge in [-0.15, -0.1) is 0 Å². The van der Waals surface area contributed by atoms with Crippen molar-refractivity contribution < 1.29 is 14.7 Å². The average Bonchev–Trinajstić information content (AvgIpc) is 2.89. The topological polar surface area (TPSA) is 81.7 Å². The normalized spacial score (nSPS) is 22.0. The minimum atomic E-state index is -0.734. The van der Waals surface area contributed by atoms with Gasteiger partial charge in [-0.2, -0.15) is 0 Å². The molecule has 2 aromatic rings. The Balaban J connectivity index is 1.31. The summed E-state index contributed by atoms with van der Waals surface area (Å²) in [5, 5.41) is 18.1. The fourth-order valence-corrected chi connectivity index (χ4v) is 6.05. The fourth-order valence-electron chi connectivity index (χ4n) is 5.64. The van der Waals surface area contributed by atoms with Crippen molar-refractivity contribution in [1.29, 1.82) is 0 Å². The second-order valence-electron chi connectivity index (χ2n) is 10.9. The largest absolute Gasteiger partial charge is 0.374 e. The number of aryl methyl sites for hydroxylation is 1. The molecule has 37 heavy (non-hydrogen) atoms. The third-order valence-electron chi connectivity index (χ3n) is 7.99. The number of aliphatic hydroxyl groups excluding tert-OH is 1. The van der Waals surface area contributed by atoms with Crippen LogP contribution in [0.4, 0.5) is 0 Å². The van der Waals surface area contributed by atoms with Crippen LogP contribution >= 0.6 is 11.6 Å².